The number of hydrogen-bond donors (Lipinski definition) is 2. The molecule has 0 bridgehead atoms. The van der Waals surface area contributed by atoms with Crippen LogP contribution in [0.1, 0.15) is 44.1 Å². The second kappa shape index (κ2) is 8.48. The topological polar surface area (TPSA) is 89.6 Å². The Bertz CT molecular complexity index is 773. The number of methoxy groups -OCH3 is 2. The highest BCUT2D eigenvalue weighted by Gasteiger charge is 2.16. The first-order valence-corrected chi connectivity index (χ1v) is 8.60. The molecule has 0 radical (unpaired) electrons. The Hall–Kier alpha value is -2.61. The SMILES string of the molecule is CCCc1nc(C)c(C(=O)NNC(=O)c2ccc(OC)c(OC)c2)s1. The minimum absolute atomic E-state index is 0.339. The molecule has 2 aromatic rings. The van der Waals surface area contributed by atoms with E-state index in [0.29, 0.717) is 27.6 Å². The van der Waals surface area contributed by atoms with Gasteiger partial charge in [0.05, 0.1) is 24.9 Å². The average Bonchev–Trinajstić information content (AvgIpc) is 2.99. The molecule has 0 saturated heterocycles. The van der Waals surface area contributed by atoms with E-state index in [-0.39, 0.29) is 5.91 Å². The molecule has 2 rings (SSSR count). The molecule has 1 heterocycles. The fourth-order valence-electron chi connectivity index (χ4n) is 2.20. The monoisotopic (exact) mass is 363 g/mol. The number of ether oxygens (including phenoxy) is 2. The average molecular weight is 363 g/mol. The molecule has 1 aromatic heterocycles. The number of nitrogens with one attached hydrogen (secondary N) is 2. The van der Waals surface area contributed by atoms with Crippen molar-refractivity contribution in [3.8, 4) is 11.5 Å². The van der Waals surface area contributed by atoms with Crippen LogP contribution in [0.25, 0.3) is 0 Å². The van der Waals surface area contributed by atoms with Crippen molar-refractivity contribution in [1.82, 2.24) is 15.8 Å². The van der Waals surface area contributed by atoms with E-state index in [4.69, 9.17) is 9.47 Å². The van der Waals surface area contributed by atoms with Gasteiger partial charge in [-0.15, -0.1) is 11.3 Å². The van der Waals surface area contributed by atoms with Crippen LogP contribution < -0.4 is 20.3 Å². The van der Waals surface area contributed by atoms with Gasteiger partial charge in [-0.2, -0.15) is 0 Å². The van der Waals surface area contributed by atoms with Gasteiger partial charge in [0.2, 0.25) is 0 Å². The molecule has 0 aliphatic rings. The van der Waals surface area contributed by atoms with Crippen molar-refractivity contribution in [1.29, 1.82) is 0 Å². The Morgan fingerprint density at radius 1 is 1.12 bits per heavy atom. The Labute approximate surface area is 150 Å². The van der Waals surface area contributed by atoms with Gasteiger partial charge >= 0.3 is 0 Å². The maximum absolute atomic E-state index is 12.2. The molecule has 0 unspecified atom stereocenters. The highest BCUT2D eigenvalue weighted by Crippen LogP contribution is 2.27. The van der Waals surface area contributed by atoms with Crippen molar-refractivity contribution in [2.24, 2.45) is 0 Å². The summed E-state index contributed by atoms with van der Waals surface area (Å²) in [7, 11) is 3.00. The van der Waals surface area contributed by atoms with Crippen molar-refractivity contribution >= 4 is 23.2 Å². The van der Waals surface area contributed by atoms with Crippen molar-refractivity contribution in [3.05, 3.63) is 39.3 Å². The number of carbonyl (C=O) groups excluding carboxylic acids is 2. The number of hydrogen-bond acceptors (Lipinski definition) is 6. The van der Waals surface area contributed by atoms with Gasteiger partial charge in [-0.25, -0.2) is 4.98 Å². The first-order chi connectivity index (χ1) is 12.0. The Morgan fingerprint density at radius 3 is 2.44 bits per heavy atom. The van der Waals surface area contributed by atoms with Crippen LogP contribution in [0.2, 0.25) is 0 Å². The Kier molecular flexibility index (Phi) is 6.35. The minimum atomic E-state index is -0.453. The van der Waals surface area contributed by atoms with Gasteiger partial charge < -0.3 is 9.47 Å². The highest BCUT2D eigenvalue weighted by molar-refractivity contribution is 7.13. The predicted molar refractivity (Wildman–Crippen MR) is 95.3 cm³/mol. The number of carbonyl (C=O) groups is 2. The zero-order valence-electron chi connectivity index (χ0n) is 14.6. The number of aryl methyl sites for hydroxylation is 2. The fraction of sp³-hybridized carbons (Fsp3) is 0.353. The molecule has 0 fully saturated rings. The van der Waals surface area contributed by atoms with E-state index < -0.39 is 5.91 Å². The molecule has 25 heavy (non-hydrogen) atoms. The standard InChI is InChI=1S/C17H21N3O4S/c1-5-6-14-18-10(2)15(25-14)17(22)20-19-16(21)11-7-8-12(23-3)13(9-11)24-4/h7-9H,5-6H2,1-4H3,(H,19,21)(H,20,22). The van der Waals surface area contributed by atoms with E-state index in [1.807, 2.05) is 0 Å². The Morgan fingerprint density at radius 2 is 1.80 bits per heavy atom. The summed E-state index contributed by atoms with van der Waals surface area (Å²) in [5.74, 6) is 0.118. The number of rotatable bonds is 6. The summed E-state index contributed by atoms with van der Waals surface area (Å²) in [5, 5.41) is 0.913. The molecular formula is C17H21N3O4S. The zero-order chi connectivity index (χ0) is 18.4. The summed E-state index contributed by atoms with van der Waals surface area (Å²) in [6, 6.07) is 4.75. The number of hydrazine groups is 1. The fourth-order valence-corrected chi connectivity index (χ4v) is 3.27. The van der Waals surface area contributed by atoms with Crippen LogP contribution in [0, 0.1) is 6.92 Å². The molecule has 0 spiro atoms. The highest BCUT2D eigenvalue weighted by atomic mass is 32.1. The van der Waals surface area contributed by atoms with Gasteiger partial charge in [0.15, 0.2) is 11.5 Å². The normalized spacial score (nSPS) is 10.2. The summed E-state index contributed by atoms with van der Waals surface area (Å²) in [5.41, 5.74) is 5.82. The lowest BCUT2D eigenvalue weighted by atomic mass is 10.2. The molecular weight excluding hydrogens is 342 g/mol. The van der Waals surface area contributed by atoms with Crippen LogP contribution >= 0.6 is 11.3 Å². The number of aromatic nitrogens is 1. The van der Waals surface area contributed by atoms with Gasteiger partial charge in [0.1, 0.15) is 4.88 Å². The van der Waals surface area contributed by atoms with Gasteiger partial charge in [0, 0.05) is 5.56 Å². The molecule has 134 valence electrons. The molecule has 2 N–H and O–H groups in total. The van der Waals surface area contributed by atoms with Gasteiger partial charge in [-0.1, -0.05) is 6.92 Å². The van der Waals surface area contributed by atoms with Crippen LogP contribution in [0.5, 0.6) is 11.5 Å². The third-order valence-corrected chi connectivity index (χ3v) is 4.66. The van der Waals surface area contributed by atoms with Crippen molar-refractivity contribution < 1.29 is 19.1 Å². The first-order valence-electron chi connectivity index (χ1n) is 7.79. The van der Waals surface area contributed by atoms with Crippen molar-refractivity contribution in [2.75, 3.05) is 14.2 Å². The van der Waals surface area contributed by atoms with Crippen LogP contribution in [0.15, 0.2) is 18.2 Å². The maximum Gasteiger partial charge on any atom is 0.281 e. The summed E-state index contributed by atoms with van der Waals surface area (Å²) >= 11 is 1.34. The molecule has 0 aliphatic heterocycles. The minimum Gasteiger partial charge on any atom is -0.493 e. The van der Waals surface area contributed by atoms with E-state index >= 15 is 0 Å². The summed E-state index contributed by atoms with van der Waals surface area (Å²) in [6.07, 6.45) is 1.79. The van der Waals surface area contributed by atoms with Crippen molar-refractivity contribution in [3.63, 3.8) is 0 Å². The number of thiazole rings is 1. The molecule has 2 amide bonds. The molecule has 0 aliphatic carbocycles. The number of nitrogens with zero attached hydrogens (tertiary/aromatic N) is 1. The third kappa shape index (κ3) is 4.48. The molecule has 1 aromatic carbocycles. The predicted octanol–water partition coefficient (Wildman–Crippen LogP) is 2.50. The second-order valence-electron chi connectivity index (χ2n) is 5.25. The van der Waals surface area contributed by atoms with Crippen molar-refractivity contribution in [2.45, 2.75) is 26.7 Å². The number of amides is 2. The number of benzene rings is 1. The van der Waals surface area contributed by atoms with Crippen LogP contribution in [0.3, 0.4) is 0 Å². The lowest BCUT2D eigenvalue weighted by Gasteiger charge is -2.10. The summed E-state index contributed by atoms with van der Waals surface area (Å²) < 4.78 is 10.3. The molecule has 0 saturated carbocycles. The largest absolute Gasteiger partial charge is 0.493 e. The van der Waals surface area contributed by atoms with E-state index in [1.54, 1.807) is 19.1 Å². The zero-order valence-corrected chi connectivity index (χ0v) is 15.5. The second-order valence-corrected chi connectivity index (χ2v) is 6.33. The lowest BCUT2D eigenvalue weighted by Crippen LogP contribution is -2.41. The Balaban J connectivity index is 2.03. The van der Waals surface area contributed by atoms with Crippen LogP contribution in [-0.4, -0.2) is 31.0 Å². The smallest absolute Gasteiger partial charge is 0.281 e. The van der Waals surface area contributed by atoms with Gasteiger partial charge in [-0.05, 0) is 38.0 Å². The van der Waals surface area contributed by atoms with E-state index in [1.165, 1.54) is 31.6 Å². The third-order valence-electron chi connectivity index (χ3n) is 3.45. The quantitative estimate of drug-likeness (QED) is 0.770. The molecule has 8 heteroatoms. The lowest BCUT2D eigenvalue weighted by molar-refractivity contribution is 0.0848. The van der Waals surface area contributed by atoms with E-state index in [9.17, 15) is 9.59 Å². The summed E-state index contributed by atoms with van der Waals surface area (Å²) in [4.78, 5) is 29.3. The molecule has 0 atom stereocenters. The molecule has 7 nitrogen and oxygen atoms in total. The van der Waals surface area contributed by atoms with Gasteiger partial charge in [0.25, 0.3) is 11.8 Å². The summed E-state index contributed by atoms with van der Waals surface area (Å²) in [6.45, 7) is 3.83. The van der Waals surface area contributed by atoms with Crippen LogP contribution in [-0.2, 0) is 6.42 Å². The van der Waals surface area contributed by atoms with E-state index in [0.717, 1.165) is 17.8 Å². The van der Waals surface area contributed by atoms with E-state index in [2.05, 4.69) is 22.8 Å². The van der Waals surface area contributed by atoms with Crippen LogP contribution in [0.4, 0.5) is 0 Å². The maximum atomic E-state index is 12.2. The first kappa shape index (κ1) is 18.7. The van der Waals surface area contributed by atoms with Gasteiger partial charge in [-0.3, -0.25) is 20.4 Å².